The first-order valence-electron chi connectivity index (χ1n) is 10.4. The van der Waals surface area contributed by atoms with Gasteiger partial charge in [-0.2, -0.15) is 0 Å². The summed E-state index contributed by atoms with van der Waals surface area (Å²) in [5, 5.41) is 0. The standard InChI is InChI=1S/C22H29N5O2/c1-17-15-27(16-20(29-17)19-7-4-3-5-8-19)18(2)21(28)25-11-13-26(14-12-25)22-23-9-6-10-24-22/h3-10,17-18,20H,11-16H2,1-2H3. The van der Waals surface area contributed by atoms with Crippen molar-refractivity contribution in [2.75, 3.05) is 44.2 Å². The topological polar surface area (TPSA) is 61.8 Å². The van der Waals surface area contributed by atoms with Gasteiger partial charge in [-0.25, -0.2) is 9.97 Å². The van der Waals surface area contributed by atoms with Crippen molar-refractivity contribution in [2.24, 2.45) is 0 Å². The molecular weight excluding hydrogens is 366 g/mol. The minimum atomic E-state index is -0.160. The molecule has 7 heteroatoms. The number of benzene rings is 1. The zero-order valence-corrected chi connectivity index (χ0v) is 17.1. The maximum Gasteiger partial charge on any atom is 0.239 e. The van der Waals surface area contributed by atoms with Gasteiger partial charge in [-0.3, -0.25) is 9.69 Å². The second-order valence-electron chi connectivity index (χ2n) is 7.84. The lowest BCUT2D eigenvalue weighted by atomic mass is 10.0. The molecule has 3 heterocycles. The number of carbonyl (C=O) groups excluding carboxylic acids is 1. The quantitative estimate of drug-likeness (QED) is 0.789. The third-order valence-electron chi connectivity index (χ3n) is 5.79. The predicted molar refractivity (Wildman–Crippen MR) is 112 cm³/mol. The van der Waals surface area contributed by atoms with Gasteiger partial charge in [0.05, 0.1) is 18.2 Å². The summed E-state index contributed by atoms with van der Waals surface area (Å²) >= 11 is 0. The molecule has 0 N–H and O–H groups in total. The van der Waals surface area contributed by atoms with E-state index in [4.69, 9.17) is 4.74 Å². The number of carbonyl (C=O) groups is 1. The summed E-state index contributed by atoms with van der Waals surface area (Å²) in [6.07, 6.45) is 3.61. The Balaban J connectivity index is 1.36. The minimum Gasteiger partial charge on any atom is -0.368 e. The average molecular weight is 396 g/mol. The van der Waals surface area contributed by atoms with Gasteiger partial charge in [0.1, 0.15) is 0 Å². The summed E-state index contributed by atoms with van der Waals surface area (Å²) in [5.74, 6) is 0.930. The van der Waals surface area contributed by atoms with Crippen molar-refractivity contribution in [3.05, 3.63) is 54.4 Å². The van der Waals surface area contributed by atoms with E-state index in [2.05, 4.69) is 38.8 Å². The molecule has 29 heavy (non-hydrogen) atoms. The Morgan fingerprint density at radius 1 is 1.03 bits per heavy atom. The van der Waals surface area contributed by atoms with Crippen LogP contribution in [0.5, 0.6) is 0 Å². The van der Waals surface area contributed by atoms with Crippen LogP contribution < -0.4 is 4.90 Å². The van der Waals surface area contributed by atoms with E-state index < -0.39 is 0 Å². The van der Waals surface area contributed by atoms with Gasteiger partial charge in [0.2, 0.25) is 11.9 Å². The Morgan fingerprint density at radius 3 is 2.41 bits per heavy atom. The number of morpholine rings is 1. The Labute approximate surface area is 172 Å². The second-order valence-corrected chi connectivity index (χ2v) is 7.84. The number of anilines is 1. The van der Waals surface area contributed by atoms with Crippen molar-refractivity contribution in [1.29, 1.82) is 0 Å². The first kappa shape index (κ1) is 19.8. The van der Waals surface area contributed by atoms with Crippen LogP contribution >= 0.6 is 0 Å². The molecule has 1 aromatic heterocycles. The highest BCUT2D eigenvalue weighted by Gasteiger charge is 2.34. The number of amides is 1. The first-order chi connectivity index (χ1) is 14.1. The molecule has 0 radical (unpaired) electrons. The molecule has 2 fully saturated rings. The lowest BCUT2D eigenvalue weighted by Crippen LogP contribution is -2.57. The van der Waals surface area contributed by atoms with Crippen LogP contribution in [0.15, 0.2) is 48.8 Å². The minimum absolute atomic E-state index is 0.00211. The van der Waals surface area contributed by atoms with Gasteiger partial charge in [0.25, 0.3) is 0 Å². The fraction of sp³-hybridized carbons (Fsp3) is 0.500. The summed E-state index contributed by atoms with van der Waals surface area (Å²) in [7, 11) is 0. The summed E-state index contributed by atoms with van der Waals surface area (Å²) in [5.41, 5.74) is 1.17. The molecule has 0 spiro atoms. The second kappa shape index (κ2) is 8.88. The van der Waals surface area contributed by atoms with Crippen LogP contribution in [0.25, 0.3) is 0 Å². The molecule has 4 rings (SSSR count). The van der Waals surface area contributed by atoms with Crippen molar-refractivity contribution in [3.8, 4) is 0 Å². The Bertz CT molecular complexity index is 795. The van der Waals surface area contributed by atoms with E-state index in [1.165, 1.54) is 5.56 Å². The van der Waals surface area contributed by atoms with Crippen LogP contribution in [-0.4, -0.2) is 77.1 Å². The van der Waals surface area contributed by atoms with E-state index in [9.17, 15) is 4.79 Å². The summed E-state index contributed by atoms with van der Waals surface area (Å²) in [4.78, 5) is 28.2. The fourth-order valence-electron chi connectivity index (χ4n) is 4.15. The first-order valence-corrected chi connectivity index (χ1v) is 10.4. The van der Waals surface area contributed by atoms with Gasteiger partial charge in [-0.05, 0) is 25.5 Å². The smallest absolute Gasteiger partial charge is 0.239 e. The Kier molecular flexibility index (Phi) is 6.06. The summed E-state index contributed by atoms with van der Waals surface area (Å²) < 4.78 is 6.15. The van der Waals surface area contributed by atoms with Crippen molar-refractivity contribution in [3.63, 3.8) is 0 Å². The number of hydrogen-bond donors (Lipinski definition) is 0. The number of ether oxygens (including phenoxy) is 1. The van der Waals surface area contributed by atoms with Crippen molar-refractivity contribution >= 4 is 11.9 Å². The maximum absolute atomic E-state index is 13.2. The summed E-state index contributed by atoms with van der Waals surface area (Å²) in [6, 6.07) is 11.9. The molecule has 2 saturated heterocycles. The zero-order valence-electron chi connectivity index (χ0n) is 17.1. The van der Waals surface area contributed by atoms with Gasteiger partial charge >= 0.3 is 0 Å². The highest BCUT2D eigenvalue weighted by molar-refractivity contribution is 5.81. The average Bonchev–Trinajstić information content (AvgIpc) is 2.79. The van der Waals surface area contributed by atoms with Gasteiger partial charge < -0.3 is 14.5 Å². The van der Waals surface area contributed by atoms with E-state index in [0.29, 0.717) is 13.1 Å². The number of rotatable bonds is 4. The molecule has 0 bridgehead atoms. The van der Waals surface area contributed by atoms with Crippen molar-refractivity contribution in [2.45, 2.75) is 32.1 Å². The number of hydrogen-bond acceptors (Lipinski definition) is 6. The highest BCUT2D eigenvalue weighted by Crippen LogP contribution is 2.26. The molecule has 3 unspecified atom stereocenters. The molecule has 3 atom stereocenters. The molecule has 1 amide bonds. The van der Waals surface area contributed by atoms with Crippen LogP contribution in [0.4, 0.5) is 5.95 Å². The maximum atomic E-state index is 13.2. The van der Waals surface area contributed by atoms with Crippen molar-refractivity contribution in [1.82, 2.24) is 19.8 Å². The third-order valence-corrected chi connectivity index (χ3v) is 5.79. The number of aromatic nitrogens is 2. The zero-order chi connectivity index (χ0) is 20.2. The van der Waals surface area contributed by atoms with E-state index in [1.54, 1.807) is 12.4 Å². The van der Waals surface area contributed by atoms with E-state index in [0.717, 1.165) is 32.1 Å². The molecule has 1 aromatic carbocycles. The highest BCUT2D eigenvalue weighted by atomic mass is 16.5. The Morgan fingerprint density at radius 2 is 1.72 bits per heavy atom. The fourth-order valence-corrected chi connectivity index (χ4v) is 4.15. The number of nitrogens with zero attached hydrogens (tertiary/aromatic N) is 5. The molecule has 0 saturated carbocycles. The number of piperazine rings is 1. The molecule has 7 nitrogen and oxygen atoms in total. The lowest BCUT2D eigenvalue weighted by molar-refractivity contribution is -0.143. The molecule has 2 aliphatic rings. The van der Waals surface area contributed by atoms with Crippen LogP contribution in [0.1, 0.15) is 25.5 Å². The predicted octanol–water partition coefficient (Wildman–Crippen LogP) is 1.98. The molecule has 154 valence electrons. The van der Waals surface area contributed by atoms with E-state index >= 15 is 0 Å². The molecule has 0 aliphatic carbocycles. The SMILES string of the molecule is CC1CN(C(C)C(=O)N2CCN(c3ncccn3)CC2)CC(c2ccccc2)O1. The third kappa shape index (κ3) is 4.57. The normalized spacial score (nSPS) is 24.3. The molecule has 2 aromatic rings. The largest absolute Gasteiger partial charge is 0.368 e. The molecular formula is C22H29N5O2. The van der Waals surface area contributed by atoms with Gasteiger partial charge in [-0.1, -0.05) is 30.3 Å². The van der Waals surface area contributed by atoms with E-state index in [-0.39, 0.29) is 24.2 Å². The van der Waals surface area contributed by atoms with Crippen LogP contribution in [0, 0.1) is 0 Å². The Hall–Kier alpha value is -2.51. The van der Waals surface area contributed by atoms with Gasteiger partial charge in [0, 0.05) is 51.7 Å². The van der Waals surface area contributed by atoms with Crippen molar-refractivity contribution < 1.29 is 9.53 Å². The molecule has 2 aliphatic heterocycles. The van der Waals surface area contributed by atoms with Crippen LogP contribution in [-0.2, 0) is 9.53 Å². The van der Waals surface area contributed by atoms with Gasteiger partial charge in [0.15, 0.2) is 0 Å². The monoisotopic (exact) mass is 395 g/mol. The lowest BCUT2D eigenvalue weighted by Gasteiger charge is -2.42. The van der Waals surface area contributed by atoms with Crippen LogP contribution in [0.2, 0.25) is 0 Å². The summed E-state index contributed by atoms with van der Waals surface area (Å²) in [6.45, 7) is 8.52. The van der Waals surface area contributed by atoms with Gasteiger partial charge in [-0.15, -0.1) is 0 Å². The van der Waals surface area contributed by atoms with E-state index in [1.807, 2.05) is 36.1 Å². The van der Waals surface area contributed by atoms with Crippen LogP contribution in [0.3, 0.4) is 0 Å².